The van der Waals surface area contributed by atoms with Crippen LogP contribution in [0.5, 0.6) is 0 Å². The Balaban J connectivity index is 2.41. The molecule has 2 N–H and O–H groups in total. The number of benzene rings is 1. The summed E-state index contributed by atoms with van der Waals surface area (Å²) in [6.45, 7) is 6.49. The minimum Gasteiger partial charge on any atom is -0.319 e. The van der Waals surface area contributed by atoms with Crippen LogP contribution < -0.4 is 5.73 Å². The SMILES string of the molecule is CCN(CC)CC1(N)C=C(Cl)C(c2ccccc2Cl)=CC1C#N. The van der Waals surface area contributed by atoms with Crippen molar-refractivity contribution in [2.45, 2.75) is 19.4 Å². The summed E-state index contributed by atoms with van der Waals surface area (Å²) in [6.07, 6.45) is 3.65. The molecule has 2 unspecified atom stereocenters. The van der Waals surface area contributed by atoms with E-state index in [2.05, 4.69) is 24.8 Å². The van der Waals surface area contributed by atoms with Crippen LogP contribution in [0.1, 0.15) is 19.4 Å². The molecule has 0 spiro atoms. The summed E-state index contributed by atoms with van der Waals surface area (Å²) in [6, 6.07) is 9.78. The van der Waals surface area contributed by atoms with Gasteiger partial charge in [-0.1, -0.05) is 61.3 Å². The number of halogens is 2. The molecule has 2 rings (SSSR count). The minimum absolute atomic E-state index is 0.461. The summed E-state index contributed by atoms with van der Waals surface area (Å²) in [7, 11) is 0. The summed E-state index contributed by atoms with van der Waals surface area (Å²) in [5.74, 6) is -0.461. The third kappa shape index (κ3) is 3.79. The highest BCUT2D eigenvalue weighted by atomic mass is 35.5. The van der Waals surface area contributed by atoms with Gasteiger partial charge in [0.2, 0.25) is 0 Å². The van der Waals surface area contributed by atoms with Gasteiger partial charge in [-0.05, 0) is 30.8 Å². The van der Waals surface area contributed by atoms with Gasteiger partial charge in [0.1, 0.15) is 0 Å². The number of hydrogen-bond acceptors (Lipinski definition) is 3. The van der Waals surface area contributed by atoms with Gasteiger partial charge in [-0.2, -0.15) is 5.26 Å². The number of rotatable bonds is 5. The van der Waals surface area contributed by atoms with Crippen LogP contribution in [-0.4, -0.2) is 30.1 Å². The molecule has 2 atom stereocenters. The zero-order valence-corrected chi connectivity index (χ0v) is 14.9. The summed E-state index contributed by atoms with van der Waals surface area (Å²) < 4.78 is 0. The van der Waals surface area contributed by atoms with Gasteiger partial charge in [0.25, 0.3) is 0 Å². The van der Waals surface area contributed by atoms with Crippen molar-refractivity contribution in [3.8, 4) is 6.07 Å². The van der Waals surface area contributed by atoms with Gasteiger partial charge in [-0.15, -0.1) is 0 Å². The van der Waals surface area contributed by atoms with Gasteiger partial charge in [0, 0.05) is 22.2 Å². The van der Waals surface area contributed by atoms with Crippen molar-refractivity contribution >= 4 is 28.8 Å². The molecule has 0 amide bonds. The largest absolute Gasteiger partial charge is 0.319 e. The fraction of sp³-hybridized carbons (Fsp3) is 0.389. The lowest BCUT2D eigenvalue weighted by Crippen LogP contribution is -2.54. The fourth-order valence-corrected chi connectivity index (χ4v) is 3.44. The van der Waals surface area contributed by atoms with Crippen LogP contribution in [0.15, 0.2) is 41.4 Å². The molecule has 1 aromatic carbocycles. The second-order valence-electron chi connectivity index (χ2n) is 5.73. The average molecular weight is 350 g/mol. The zero-order chi connectivity index (χ0) is 17.0. The first kappa shape index (κ1) is 18.0. The van der Waals surface area contributed by atoms with Gasteiger partial charge < -0.3 is 10.6 Å². The predicted octanol–water partition coefficient (Wildman–Crippen LogP) is 4.04. The van der Waals surface area contributed by atoms with Gasteiger partial charge >= 0.3 is 0 Å². The van der Waals surface area contributed by atoms with E-state index >= 15 is 0 Å². The number of nitrogens with two attached hydrogens (primary N) is 1. The molecule has 1 aliphatic carbocycles. The summed E-state index contributed by atoms with van der Waals surface area (Å²) in [4.78, 5) is 2.19. The molecule has 1 aromatic rings. The van der Waals surface area contributed by atoms with E-state index in [1.54, 1.807) is 6.08 Å². The van der Waals surface area contributed by atoms with Crippen molar-refractivity contribution in [3.05, 3.63) is 52.0 Å². The summed E-state index contributed by atoms with van der Waals surface area (Å²) >= 11 is 12.8. The lowest BCUT2D eigenvalue weighted by atomic mass is 9.78. The first-order valence-corrected chi connectivity index (χ1v) is 8.47. The fourth-order valence-electron chi connectivity index (χ4n) is 2.84. The predicted molar refractivity (Wildman–Crippen MR) is 97.2 cm³/mol. The lowest BCUT2D eigenvalue weighted by Gasteiger charge is -2.37. The Kier molecular flexibility index (Phi) is 5.89. The molecular formula is C18H21Cl2N3. The topological polar surface area (TPSA) is 53.0 Å². The highest BCUT2D eigenvalue weighted by Gasteiger charge is 2.37. The van der Waals surface area contributed by atoms with Crippen molar-refractivity contribution in [1.82, 2.24) is 4.90 Å². The van der Waals surface area contributed by atoms with Crippen LogP contribution in [0.3, 0.4) is 0 Å². The zero-order valence-electron chi connectivity index (χ0n) is 13.4. The van der Waals surface area contributed by atoms with Crippen molar-refractivity contribution in [3.63, 3.8) is 0 Å². The monoisotopic (exact) mass is 349 g/mol. The van der Waals surface area contributed by atoms with Crippen LogP contribution in [0, 0.1) is 17.2 Å². The van der Waals surface area contributed by atoms with Crippen molar-refractivity contribution in [1.29, 1.82) is 5.26 Å². The Hall–Kier alpha value is -1.31. The number of hydrogen-bond donors (Lipinski definition) is 1. The maximum Gasteiger partial charge on any atom is 0.0881 e. The van der Waals surface area contributed by atoms with E-state index in [4.69, 9.17) is 28.9 Å². The van der Waals surface area contributed by atoms with Gasteiger partial charge in [0.15, 0.2) is 0 Å². The van der Waals surface area contributed by atoms with E-state index in [-0.39, 0.29) is 0 Å². The Morgan fingerprint density at radius 1 is 1.26 bits per heavy atom. The maximum atomic E-state index is 9.61. The van der Waals surface area contributed by atoms with Crippen LogP contribution in [0.25, 0.3) is 5.57 Å². The summed E-state index contributed by atoms with van der Waals surface area (Å²) in [5.41, 5.74) is 7.32. The summed E-state index contributed by atoms with van der Waals surface area (Å²) in [5, 5.41) is 10.8. The van der Waals surface area contributed by atoms with E-state index in [1.165, 1.54) is 0 Å². The number of nitrogens with zero attached hydrogens (tertiary/aromatic N) is 2. The Morgan fingerprint density at radius 2 is 1.91 bits per heavy atom. The standard InChI is InChI=1S/C18H21Cl2N3/c1-3-23(4-2)12-18(22)10-17(20)15(9-13(18)11-21)14-7-5-6-8-16(14)19/h5-10,13H,3-4,12,22H2,1-2H3. The number of likely N-dealkylation sites (N-methyl/N-ethyl adjacent to an activating group) is 1. The van der Waals surface area contributed by atoms with Crippen LogP contribution >= 0.6 is 23.2 Å². The third-order valence-electron chi connectivity index (χ3n) is 4.26. The second kappa shape index (κ2) is 7.51. The van der Waals surface area contributed by atoms with E-state index in [0.717, 1.165) is 24.2 Å². The first-order chi connectivity index (χ1) is 10.9. The van der Waals surface area contributed by atoms with Gasteiger partial charge in [-0.3, -0.25) is 0 Å². The molecule has 122 valence electrons. The molecule has 0 bridgehead atoms. The Morgan fingerprint density at radius 3 is 2.48 bits per heavy atom. The first-order valence-electron chi connectivity index (χ1n) is 7.71. The highest BCUT2D eigenvalue weighted by molar-refractivity contribution is 6.39. The van der Waals surface area contributed by atoms with Crippen LogP contribution in [0.4, 0.5) is 0 Å². The normalized spacial score (nSPS) is 24.1. The number of allylic oxidation sites excluding steroid dienone is 2. The average Bonchev–Trinajstić information content (AvgIpc) is 2.54. The lowest BCUT2D eigenvalue weighted by molar-refractivity contribution is 0.236. The Labute approximate surface area is 148 Å². The minimum atomic E-state index is -0.803. The molecular weight excluding hydrogens is 329 g/mol. The van der Waals surface area contributed by atoms with E-state index < -0.39 is 11.5 Å². The molecule has 0 saturated carbocycles. The molecule has 0 fully saturated rings. The number of nitriles is 1. The molecule has 23 heavy (non-hydrogen) atoms. The molecule has 3 nitrogen and oxygen atoms in total. The Bertz CT molecular complexity index is 671. The molecule has 0 radical (unpaired) electrons. The molecule has 1 aliphatic rings. The molecule has 0 aliphatic heterocycles. The van der Waals surface area contributed by atoms with Crippen LogP contribution in [-0.2, 0) is 0 Å². The van der Waals surface area contributed by atoms with Crippen molar-refractivity contribution in [2.24, 2.45) is 11.7 Å². The van der Waals surface area contributed by atoms with Gasteiger partial charge in [0.05, 0.1) is 17.5 Å². The second-order valence-corrected chi connectivity index (χ2v) is 6.55. The van der Waals surface area contributed by atoms with E-state index in [9.17, 15) is 5.26 Å². The smallest absolute Gasteiger partial charge is 0.0881 e. The molecule has 5 heteroatoms. The molecule has 0 heterocycles. The third-order valence-corrected chi connectivity index (χ3v) is 4.90. The quantitative estimate of drug-likeness (QED) is 0.872. The van der Waals surface area contributed by atoms with Crippen LogP contribution in [0.2, 0.25) is 5.02 Å². The maximum absolute atomic E-state index is 9.61. The van der Waals surface area contributed by atoms with Gasteiger partial charge in [-0.25, -0.2) is 0 Å². The molecule has 0 saturated heterocycles. The van der Waals surface area contributed by atoms with E-state index in [0.29, 0.717) is 16.6 Å². The van der Waals surface area contributed by atoms with Crippen molar-refractivity contribution < 1.29 is 0 Å². The highest BCUT2D eigenvalue weighted by Crippen LogP contribution is 2.39. The van der Waals surface area contributed by atoms with Crippen molar-refractivity contribution in [2.75, 3.05) is 19.6 Å². The van der Waals surface area contributed by atoms with E-state index in [1.807, 2.05) is 30.3 Å². The molecule has 0 aromatic heterocycles.